The van der Waals surface area contributed by atoms with Gasteiger partial charge in [0.25, 0.3) is 0 Å². The molecule has 3 aromatic carbocycles. The lowest BCUT2D eigenvalue weighted by atomic mass is 9.86. The van der Waals surface area contributed by atoms with Crippen LogP contribution in [0.3, 0.4) is 0 Å². The van der Waals surface area contributed by atoms with Crippen molar-refractivity contribution in [2.24, 2.45) is 0 Å². The van der Waals surface area contributed by atoms with Crippen molar-refractivity contribution in [1.82, 2.24) is 4.57 Å². The Morgan fingerprint density at radius 3 is 2.44 bits per heavy atom. The molecule has 2 heterocycles. The third-order valence-electron chi connectivity index (χ3n) is 5.61. The van der Waals surface area contributed by atoms with Gasteiger partial charge in [-0.25, -0.2) is 0 Å². The maximum atomic E-state index is 2.49. The van der Waals surface area contributed by atoms with Crippen LogP contribution in [-0.2, 0) is 6.54 Å². The first-order chi connectivity index (χ1) is 13.4. The number of hydrogen-bond donors (Lipinski definition) is 0. The molecular weight excluding hydrogens is 326 g/mol. The van der Waals surface area contributed by atoms with Crippen LogP contribution in [0.15, 0.2) is 84.9 Å². The Balaban J connectivity index is 1.88. The number of nitrogens with zero attached hydrogens (tertiary/aromatic N) is 1. The second-order valence-electron chi connectivity index (χ2n) is 7.30. The smallest absolute Gasteiger partial charge is 0.0503 e. The van der Waals surface area contributed by atoms with Crippen molar-refractivity contribution in [3.63, 3.8) is 0 Å². The molecule has 1 nitrogen and oxygen atoms in total. The van der Waals surface area contributed by atoms with Crippen molar-refractivity contribution in [2.45, 2.75) is 26.3 Å². The minimum Gasteiger partial charge on any atom is -0.336 e. The lowest BCUT2D eigenvalue weighted by Gasteiger charge is -2.26. The van der Waals surface area contributed by atoms with Gasteiger partial charge in [-0.3, -0.25) is 0 Å². The second kappa shape index (κ2) is 6.59. The second-order valence-corrected chi connectivity index (χ2v) is 7.30. The Hall–Kier alpha value is -3.06. The largest absolute Gasteiger partial charge is 0.336 e. The molecule has 0 N–H and O–H groups in total. The number of rotatable bonds is 3. The monoisotopic (exact) mass is 349 g/mol. The average molecular weight is 349 g/mol. The molecule has 0 atom stereocenters. The summed E-state index contributed by atoms with van der Waals surface area (Å²) in [6, 6.07) is 30.9. The van der Waals surface area contributed by atoms with Gasteiger partial charge in [0.2, 0.25) is 0 Å². The van der Waals surface area contributed by atoms with E-state index in [1.807, 2.05) is 0 Å². The van der Waals surface area contributed by atoms with Crippen molar-refractivity contribution in [3.8, 4) is 0 Å². The van der Waals surface area contributed by atoms with E-state index >= 15 is 0 Å². The SMILES string of the molecule is CCC/C(=C1/c2ccccc2Cn2c1cc1ccccc12)c1ccccc1. The molecule has 0 aliphatic carbocycles. The standard InChI is InChI=1S/C26H23N/c1-2-10-22(19-11-4-3-5-12-19)26-23-15-8-6-14-21(23)18-27-24-16-9-7-13-20(24)17-25(26)27/h3-9,11-17H,2,10,18H2,1H3/b26-22+. The molecule has 0 saturated heterocycles. The zero-order chi connectivity index (χ0) is 18.2. The van der Waals surface area contributed by atoms with E-state index < -0.39 is 0 Å². The first-order valence-corrected chi connectivity index (χ1v) is 9.82. The van der Waals surface area contributed by atoms with Gasteiger partial charge in [-0.2, -0.15) is 0 Å². The Labute approximate surface area is 160 Å². The molecule has 4 aromatic rings. The minimum atomic E-state index is 0.941. The fourth-order valence-electron chi connectivity index (χ4n) is 4.42. The number of allylic oxidation sites excluding steroid dienone is 1. The van der Waals surface area contributed by atoms with Crippen molar-refractivity contribution in [1.29, 1.82) is 0 Å². The Morgan fingerprint density at radius 1 is 0.852 bits per heavy atom. The molecule has 0 fully saturated rings. The Bertz CT molecular complexity index is 1150. The number of fused-ring (bicyclic) bond motifs is 4. The van der Waals surface area contributed by atoms with E-state index in [-0.39, 0.29) is 0 Å². The highest BCUT2D eigenvalue weighted by molar-refractivity contribution is 6.02. The minimum absolute atomic E-state index is 0.941. The topological polar surface area (TPSA) is 4.93 Å². The van der Waals surface area contributed by atoms with E-state index in [9.17, 15) is 0 Å². The fourth-order valence-corrected chi connectivity index (χ4v) is 4.42. The summed E-state index contributed by atoms with van der Waals surface area (Å²) in [6.07, 6.45) is 2.21. The average Bonchev–Trinajstić information content (AvgIpc) is 3.09. The van der Waals surface area contributed by atoms with Gasteiger partial charge in [0.15, 0.2) is 0 Å². The van der Waals surface area contributed by atoms with E-state index in [2.05, 4.69) is 96.4 Å². The highest BCUT2D eigenvalue weighted by Crippen LogP contribution is 2.42. The molecule has 0 spiro atoms. The first kappa shape index (κ1) is 16.1. The van der Waals surface area contributed by atoms with Crippen LogP contribution in [0.2, 0.25) is 0 Å². The molecule has 1 aromatic heterocycles. The molecule has 0 bridgehead atoms. The van der Waals surface area contributed by atoms with Crippen molar-refractivity contribution in [2.75, 3.05) is 0 Å². The molecule has 1 aliphatic rings. The van der Waals surface area contributed by atoms with Gasteiger partial charge in [-0.05, 0) is 40.8 Å². The maximum Gasteiger partial charge on any atom is 0.0503 e. The lowest BCUT2D eigenvalue weighted by molar-refractivity contribution is 0.804. The zero-order valence-electron chi connectivity index (χ0n) is 15.7. The molecule has 1 heteroatoms. The van der Waals surface area contributed by atoms with Crippen LogP contribution in [0.4, 0.5) is 0 Å². The quantitative estimate of drug-likeness (QED) is 0.339. The number of hydrogen-bond acceptors (Lipinski definition) is 0. The first-order valence-electron chi connectivity index (χ1n) is 9.82. The van der Waals surface area contributed by atoms with Gasteiger partial charge in [0.1, 0.15) is 0 Å². The van der Waals surface area contributed by atoms with Gasteiger partial charge in [0.05, 0.1) is 5.69 Å². The van der Waals surface area contributed by atoms with Crippen molar-refractivity contribution < 1.29 is 0 Å². The van der Waals surface area contributed by atoms with Crippen LogP contribution in [0.25, 0.3) is 22.0 Å². The van der Waals surface area contributed by atoms with Crippen LogP contribution >= 0.6 is 0 Å². The molecule has 132 valence electrons. The summed E-state index contributed by atoms with van der Waals surface area (Å²) >= 11 is 0. The van der Waals surface area contributed by atoms with Crippen LogP contribution in [0.1, 0.15) is 42.1 Å². The van der Waals surface area contributed by atoms with E-state index in [1.165, 1.54) is 44.4 Å². The predicted molar refractivity (Wildman–Crippen MR) is 115 cm³/mol. The van der Waals surface area contributed by atoms with E-state index in [0.717, 1.165) is 19.4 Å². The summed E-state index contributed by atoms with van der Waals surface area (Å²) in [5.74, 6) is 0. The maximum absolute atomic E-state index is 2.49. The van der Waals surface area contributed by atoms with E-state index in [4.69, 9.17) is 0 Å². The van der Waals surface area contributed by atoms with Gasteiger partial charge in [-0.15, -0.1) is 0 Å². The normalized spacial score (nSPS) is 14.7. The number of aromatic nitrogens is 1. The summed E-state index contributed by atoms with van der Waals surface area (Å²) in [5, 5.41) is 1.32. The predicted octanol–water partition coefficient (Wildman–Crippen LogP) is 6.76. The van der Waals surface area contributed by atoms with E-state index in [1.54, 1.807) is 0 Å². The highest BCUT2D eigenvalue weighted by atomic mass is 15.0. The van der Waals surface area contributed by atoms with Gasteiger partial charge in [0, 0.05) is 23.0 Å². The highest BCUT2D eigenvalue weighted by Gasteiger charge is 2.25. The molecule has 5 rings (SSSR count). The summed E-state index contributed by atoms with van der Waals surface area (Å²) in [6.45, 7) is 3.21. The zero-order valence-corrected chi connectivity index (χ0v) is 15.7. The molecule has 0 amide bonds. The molecule has 27 heavy (non-hydrogen) atoms. The molecule has 0 radical (unpaired) electrons. The van der Waals surface area contributed by atoms with Crippen LogP contribution < -0.4 is 0 Å². The Morgan fingerprint density at radius 2 is 1.59 bits per heavy atom. The van der Waals surface area contributed by atoms with Crippen molar-refractivity contribution in [3.05, 3.63) is 107 Å². The number of para-hydroxylation sites is 1. The lowest BCUT2D eigenvalue weighted by Crippen LogP contribution is -2.14. The molecular formula is C26H23N. The Kier molecular flexibility index (Phi) is 3.94. The summed E-state index contributed by atoms with van der Waals surface area (Å²) in [7, 11) is 0. The summed E-state index contributed by atoms with van der Waals surface area (Å²) < 4.78 is 2.49. The van der Waals surface area contributed by atoms with Gasteiger partial charge < -0.3 is 4.57 Å². The van der Waals surface area contributed by atoms with Gasteiger partial charge >= 0.3 is 0 Å². The number of benzene rings is 3. The molecule has 1 aliphatic heterocycles. The van der Waals surface area contributed by atoms with Crippen molar-refractivity contribution >= 4 is 22.0 Å². The van der Waals surface area contributed by atoms with Gasteiger partial charge in [-0.1, -0.05) is 86.1 Å². The fraction of sp³-hybridized carbons (Fsp3) is 0.154. The van der Waals surface area contributed by atoms with Crippen LogP contribution in [-0.4, -0.2) is 4.57 Å². The third-order valence-corrected chi connectivity index (χ3v) is 5.61. The third kappa shape index (κ3) is 2.62. The van der Waals surface area contributed by atoms with Crippen LogP contribution in [0.5, 0.6) is 0 Å². The summed E-state index contributed by atoms with van der Waals surface area (Å²) in [5.41, 5.74) is 9.66. The molecule has 0 saturated carbocycles. The van der Waals surface area contributed by atoms with Crippen LogP contribution in [0, 0.1) is 0 Å². The van der Waals surface area contributed by atoms with E-state index in [0.29, 0.717) is 0 Å². The summed E-state index contributed by atoms with van der Waals surface area (Å²) in [4.78, 5) is 0. The molecule has 0 unspecified atom stereocenters.